The zero-order chi connectivity index (χ0) is 19.3. The van der Waals surface area contributed by atoms with Gasteiger partial charge in [-0.3, -0.25) is 19.6 Å². The maximum atomic E-state index is 13.3. The molecule has 2 aliphatic rings. The smallest absolute Gasteiger partial charge is 0.259 e. The molecule has 2 amide bonds. The van der Waals surface area contributed by atoms with Crippen molar-refractivity contribution in [2.75, 3.05) is 13.1 Å². The Morgan fingerprint density at radius 3 is 2.82 bits per heavy atom. The molecule has 28 heavy (non-hydrogen) atoms. The Labute approximate surface area is 161 Å². The van der Waals surface area contributed by atoms with Gasteiger partial charge in [0.05, 0.1) is 28.8 Å². The van der Waals surface area contributed by atoms with Gasteiger partial charge in [0.15, 0.2) is 5.66 Å². The van der Waals surface area contributed by atoms with Gasteiger partial charge < -0.3 is 14.2 Å². The molecule has 2 aliphatic heterocycles. The highest BCUT2D eigenvalue weighted by molar-refractivity contribution is 6.00. The van der Waals surface area contributed by atoms with Crippen molar-refractivity contribution in [2.24, 2.45) is 0 Å². The molecule has 140 valence electrons. The minimum Gasteiger partial charge on any atom is -0.472 e. The molecule has 0 aliphatic carbocycles. The van der Waals surface area contributed by atoms with Gasteiger partial charge in [-0.15, -0.1) is 0 Å². The minimum atomic E-state index is -1.000. The number of carbonyl (C=O) groups is 2. The van der Waals surface area contributed by atoms with Crippen LogP contribution in [0.2, 0.25) is 0 Å². The summed E-state index contributed by atoms with van der Waals surface area (Å²) < 4.78 is 5.11. The lowest BCUT2D eigenvalue weighted by molar-refractivity contribution is 0.00487. The first-order valence-electron chi connectivity index (χ1n) is 9.14. The van der Waals surface area contributed by atoms with Gasteiger partial charge in [-0.25, -0.2) is 0 Å². The first kappa shape index (κ1) is 16.7. The van der Waals surface area contributed by atoms with Crippen LogP contribution in [-0.2, 0) is 12.1 Å². The average Bonchev–Trinajstić information content (AvgIpc) is 3.37. The molecular weight excluding hydrogens is 356 g/mol. The normalized spacial score (nSPS) is 20.8. The molecule has 3 aromatic rings. The fraction of sp³-hybridized carbons (Fsp3) is 0.238. The van der Waals surface area contributed by atoms with Crippen molar-refractivity contribution < 1.29 is 14.0 Å². The first-order valence-corrected chi connectivity index (χ1v) is 9.14. The van der Waals surface area contributed by atoms with Crippen LogP contribution in [0.25, 0.3) is 0 Å². The second-order valence-electron chi connectivity index (χ2n) is 7.14. The summed E-state index contributed by atoms with van der Waals surface area (Å²) in [5.41, 5.74) is 2.39. The van der Waals surface area contributed by atoms with Crippen LogP contribution in [0, 0.1) is 6.92 Å². The average molecular weight is 374 g/mol. The maximum Gasteiger partial charge on any atom is 0.259 e. The number of aromatic nitrogens is 2. The summed E-state index contributed by atoms with van der Waals surface area (Å²) in [5, 5.41) is 0. The lowest BCUT2D eigenvalue weighted by atomic mass is 9.88. The van der Waals surface area contributed by atoms with E-state index in [0.29, 0.717) is 42.0 Å². The summed E-state index contributed by atoms with van der Waals surface area (Å²) in [4.78, 5) is 39.2. The molecule has 1 atom stereocenters. The highest BCUT2D eigenvalue weighted by Crippen LogP contribution is 2.44. The third kappa shape index (κ3) is 2.22. The Morgan fingerprint density at radius 1 is 1.18 bits per heavy atom. The van der Waals surface area contributed by atoms with E-state index in [-0.39, 0.29) is 11.8 Å². The Balaban J connectivity index is 1.71. The van der Waals surface area contributed by atoms with Crippen LogP contribution < -0.4 is 0 Å². The summed E-state index contributed by atoms with van der Waals surface area (Å²) in [5.74, 6) is -0.315. The van der Waals surface area contributed by atoms with Gasteiger partial charge >= 0.3 is 0 Å². The number of furan rings is 1. The second-order valence-corrected chi connectivity index (χ2v) is 7.14. The van der Waals surface area contributed by atoms with Crippen molar-refractivity contribution in [3.63, 3.8) is 0 Å². The molecule has 1 unspecified atom stereocenters. The van der Waals surface area contributed by atoms with E-state index in [2.05, 4.69) is 9.97 Å². The molecule has 0 spiro atoms. The molecule has 3 aromatic heterocycles. The van der Waals surface area contributed by atoms with E-state index in [4.69, 9.17) is 4.42 Å². The molecule has 0 N–H and O–H groups in total. The Morgan fingerprint density at radius 2 is 2.07 bits per heavy atom. The zero-order valence-corrected chi connectivity index (χ0v) is 15.3. The van der Waals surface area contributed by atoms with Crippen LogP contribution in [0.4, 0.5) is 0 Å². The number of hydrogen-bond donors (Lipinski definition) is 0. The molecule has 1 saturated heterocycles. The summed E-state index contributed by atoms with van der Waals surface area (Å²) in [6.07, 6.45) is 6.74. The molecule has 0 saturated carbocycles. The number of pyridine rings is 2. The van der Waals surface area contributed by atoms with Gasteiger partial charge in [0.25, 0.3) is 11.8 Å². The summed E-state index contributed by atoms with van der Waals surface area (Å²) in [6.45, 7) is 2.81. The lowest BCUT2D eigenvalue weighted by Gasteiger charge is -2.45. The molecule has 7 nitrogen and oxygen atoms in total. The van der Waals surface area contributed by atoms with E-state index in [9.17, 15) is 9.59 Å². The van der Waals surface area contributed by atoms with Gasteiger partial charge in [0.1, 0.15) is 6.26 Å². The lowest BCUT2D eigenvalue weighted by Crippen LogP contribution is -2.59. The van der Waals surface area contributed by atoms with Crippen LogP contribution in [-0.4, -0.2) is 44.7 Å². The third-order valence-electron chi connectivity index (χ3n) is 5.55. The SMILES string of the molecule is Cc1ccc(C23Cc4ncccc4C(=O)N2CCN3C(=O)c2ccoc2)nc1. The zero-order valence-electron chi connectivity index (χ0n) is 15.3. The number of hydrogen-bond acceptors (Lipinski definition) is 5. The Bertz CT molecular complexity index is 1060. The monoisotopic (exact) mass is 374 g/mol. The van der Waals surface area contributed by atoms with Crippen molar-refractivity contribution in [3.8, 4) is 0 Å². The second kappa shape index (κ2) is 6.02. The van der Waals surface area contributed by atoms with Gasteiger partial charge in [-0.05, 0) is 36.8 Å². The highest BCUT2D eigenvalue weighted by Gasteiger charge is 2.57. The fourth-order valence-corrected chi connectivity index (χ4v) is 4.21. The van der Waals surface area contributed by atoms with Crippen molar-refractivity contribution in [1.82, 2.24) is 19.8 Å². The number of rotatable bonds is 2. The van der Waals surface area contributed by atoms with Crippen molar-refractivity contribution in [2.45, 2.75) is 19.0 Å². The number of amides is 2. The predicted molar refractivity (Wildman–Crippen MR) is 99.4 cm³/mol. The van der Waals surface area contributed by atoms with Crippen LogP contribution in [0.5, 0.6) is 0 Å². The summed E-state index contributed by atoms with van der Waals surface area (Å²) >= 11 is 0. The number of nitrogens with zero attached hydrogens (tertiary/aromatic N) is 4. The number of fused-ring (bicyclic) bond motifs is 2. The van der Waals surface area contributed by atoms with Crippen LogP contribution in [0.3, 0.4) is 0 Å². The van der Waals surface area contributed by atoms with E-state index < -0.39 is 5.66 Å². The van der Waals surface area contributed by atoms with E-state index in [1.165, 1.54) is 12.5 Å². The highest BCUT2D eigenvalue weighted by atomic mass is 16.3. The topological polar surface area (TPSA) is 79.5 Å². The number of carbonyl (C=O) groups excluding carboxylic acids is 2. The Kier molecular flexibility index (Phi) is 3.58. The van der Waals surface area contributed by atoms with Gasteiger partial charge in [0.2, 0.25) is 0 Å². The van der Waals surface area contributed by atoms with Gasteiger partial charge in [-0.2, -0.15) is 0 Å². The van der Waals surface area contributed by atoms with E-state index in [1.54, 1.807) is 40.4 Å². The van der Waals surface area contributed by atoms with Crippen molar-refractivity contribution >= 4 is 11.8 Å². The Hall–Kier alpha value is -3.48. The standard InChI is InChI=1S/C21H18N4O3/c1-14-4-5-18(23-12-14)21-11-17-16(3-2-7-22-17)20(27)25(21)9-8-24(21)19(26)15-6-10-28-13-15/h2-7,10,12-13H,8-9,11H2,1H3. The fourth-order valence-electron chi connectivity index (χ4n) is 4.21. The van der Waals surface area contributed by atoms with Gasteiger partial charge in [0, 0.05) is 31.9 Å². The van der Waals surface area contributed by atoms with Crippen molar-refractivity contribution in [3.05, 3.63) is 83.3 Å². The first-order chi connectivity index (χ1) is 13.6. The molecule has 0 bridgehead atoms. The summed E-state index contributed by atoms with van der Waals surface area (Å²) in [6, 6.07) is 9.03. The van der Waals surface area contributed by atoms with Gasteiger partial charge in [-0.1, -0.05) is 6.07 Å². The molecule has 0 radical (unpaired) electrons. The molecule has 5 rings (SSSR count). The van der Waals surface area contributed by atoms with E-state index >= 15 is 0 Å². The van der Waals surface area contributed by atoms with Crippen molar-refractivity contribution in [1.29, 1.82) is 0 Å². The predicted octanol–water partition coefficient (Wildman–Crippen LogP) is 2.39. The van der Waals surface area contributed by atoms with E-state index in [1.807, 2.05) is 19.1 Å². The third-order valence-corrected chi connectivity index (χ3v) is 5.55. The van der Waals surface area contributed by atoms with Crippen LogP contribution >= 0.6 is 0 Å². The van der Waals surface area contributed by atoms with E-state index in [0.717, 1.165) is 5.56 Å². The van der Waals surface area contributed by atoms with Crippen LogP contribution in [0.1, 0.15) is 37.7 Å². The molecule has 7 heteroatoms. The quantitative estimate of drug-likeness (QED) is 0.688. The molecule has 1 fully saturated rings. The maximum absolute atomic E-state index is 13.3. The van der Waals surface area contributed by atoms with Crippen LogP contribution in [0.15, 0.2) is 59.7 Å². The molecule has 0 aromatic carbocycles. The molecule has 5 heterocycles. The minimum absolute atomic E-state index is 0.126. The molecular formula is C21H18N4O3. The summed E-state index contributed by atoms with van der Waals surface area (Å²) in [7, 11) is 0. The number of aryl methyl sites for hydroxylation is 1. The largest absolute Gasteiger partial charge is 0.472 e.